The van der Waals surface area contributed by atoms with Crippen molar-refractivity contribution in [3.8, 4) is 0 Å². The number of nitrogens with one attached hydrogen (secondary N) is 2. The minimum absolute atomic E-state index is 0.0623. The van der Waals surface area contributed by atoms with Crippen molar-refractivity contribution >= 4 is 6.03 Å². The van der Waals surface area contributed by atoms with E-state index >= 15 is 0 Å². The molecular weight excluding hydrogens is 292 g/mol. The molecule has 2 aliphatic rings. The van der Waals surface area contributed by atoms with Crippen LogP contribution in [0, 0.1) is 5.41 Å². The molecule has 0 heterocycles. The number of urea groups is 1. The van der Waals surface area contributed by atoms with Crippen LogP contribution >= 0.6 is 0 Å². The molecule has 134 valence electrons. The van der Waals surface area contributed by atoms with Gasteiger partial charge in [0.1, 0.15) is 0 Å². The lowest BCUT2D eigenvalue weighted by atomic mass is 9.65. The number of carbonyl (C=O) groups is 1. The monoisotopic (exact) mass is 326 g/mol. The fraction of sp³-hybridized carbons (Fsp3) is 0.944. The molecule has 2 saturated carbocycles. The molecule has 23 heavy (non-hydrogen) atoms. The number of hydrogen-bond acceptors (Lipinski definition) is 3. The predicted molar refractivity (Wildman–Crippen MR) is 91.5 cm³/mol. The number of rotatable bonds is 4. The van der Waals surface area contributed by atoms with Crippen molar-refractivity contribution in [1.82, 2.24) is 10.6 Å². The van der Waals surface area contributed by atoms with Crippen LogP contribution < -0.4 is 10.6 Å². The van der Waals surface area contributed by atoms with Gasteiger partial charge < -0.3 is 20.1 Å². The van der Waals surface area contributed by atoms with Gasteiger partial charge in [-0.3, -0.25) is 0 Å². The SMILES string of the molecule is COC1C(NC(=O)NC2CCC(OC(C)(C)C)CC2)CC1(C)C. The highest BCUT2D eigenvalue weighted by atomic mass is 16.5. The third-order valence-electron chi connectivity index (χ3n) is 4.98. The summed E-state index contributed by atoms with van der Waals surface area (Å²) in [6.07, 6.45) is 5.38. The van der Waals surface area contributed by atoms with Crippen molar-refractivity contribution in [1.29, 1.82) is 0 Å². The number of carbonyl (C=O) groups excluding carboxylic acids is 1. The average Bonchev–Trinajstić information content (AvgIpc) is 2.38. The van der Waals surface area contributed by atoms with Crippen molar-refractivity contribution in [3.05, 3.63) is 0 Å². The third-order valence-corrected chi connectivity index (χ3v) is 4.98. The predicted octanol–water partition coefficient (Wildman–Crippen LogP) is 3.23. The highest BCUT2D eigenvalue weighted by molar-refractivity contribution is 5.74. The minimum atomic E-state index is -0.0888. The maximum atomic E-state index is 12.2. The summed E-state index contributed by atoms with van der Waals surface area (Å²) in [4.78, 5) is 12.2. The Morgan fingerprint density at radius 2 is 1.70 bits per heavy atom. The van der Waals surface area contributed by atoms with E-state index in [0.717, 1.165) is 32.1 Å². The van der Waals surface area contributed by atoms with Gasteiger partial charge in [0.2, 0.25) is 0 Å². The van der Waals surface area contributed by atoms with Crippen LogP contribution in [0.15, 0.2) is 0 Å². The smallest absolute Gasteiger partial charge is 0.315 e. The molecule has 2 unspecified atom stereocenters. The zero-order chi connectivity index (χ0) is 17.3. The normalized spacial score (nSPS) is 33.7. The Hall–Kier alpha value is -0.810. The topological polar surface area (TPSA) is 59.6 Å². The van der Waals surface area contributed by atoms with Gasteiger partial charge in [-0.25, -0.2) is 4.79 Å². The van der Waals surface area contributed by atoms with E-state index in [0.29, 0.717) is 6.10 Å². The molecule has 2 atom stereocenters. The molecular formula is C18H34N2O3. The Morgan fingerprint density at radius 1 is 1.09 bits per heavy atom. The van der Waals surface area contributed by atoms with E-state index in [-0.39, 0.29) is 35.2 Å². The molecule has 0 aromatic carbocycles. The Morgan fingerprint density at radius 3 is 2.17 bits per heavy atom. The molecule has 0 spiro atoms. The van der Waals surface area contributed by atoms with Gasteiger partial charge in [0.25, 0.3) is 0 Å². The van der Waals surface area contributed by atoms with Gasteiger partial charge in [-0.15, -0.1) is 0 Å². The Kier molecular flexibility index (Phi) is 5.62. The summed E-state index contributed by atoms with van der Waals surface area (Å²) in [5.74, 6) is 0. The van der Waals surface area contributed by atoms with Gasteiger partial charge in [0.15, 0.2) is 0 Å². The van der Waals surface area contributed by atoms with Crippen LogP contribution in [-0.4, -0.2) is 43.0 Å². The second kappa shape index (κ2) is 6.98. The number of hydrogen-bond donors (Lipinski definition) is 2. The van der Waals surface area contributed by atoms with E-state index in [1.165, 1.54) is 0 Å². The first-order valence-electron chi connectivity index (χ1n) is 8.88. The van der Waals surface area contributed by atoms with Gasteiger partial charge in [0, 0.05) is 13.2 Å². The Bertz CT molecular complexity index is 409. The fourth-order valence-corrected chi connectivity index (χ4v) is 4.00. The number of ether oxygens (including phenoxy) is 2. The molecule has 2 amide bonds. The van der Waals surface area contributed by atoms with Gasteiger partial charge in [-0.05, 0) is 58.3 Å². The molecule has 2 N–H and O–H groups in total. The van der Waals surface area contributed by atoms with Crippen molar-refractivity contribution < 1.29 is 14.3 Å². The van der Waals surface area contributed by atoms with Crippen LogP contribution in [0.4, 0.5) is 4.79 Å². The molecule has 0 radical (unpaired) electrons. The standard InChI is InChI=1S/C18H34N2O3/c1-17(2,3)23-13-9-7-12(8-10-13)19-16(21)20-14-11-18(4,5)15(14)22-6/h12-15H,7-11H2,1-6H3,(H2,19,20,21). The van der Waals surface area contributed by atoms with Crippen LogP contribution in [0.25, 0.3) is 0 Å². The average molecular weight is 326 g/mol. The summed E-state index contributed by atoms with van der Waals surface area (Å²) in [6.45, 7) is 10.6. The van der Waals surface area contributed by atoms with Gasteiger partial charge in [-0.1, -0.05) is 13.8 Å². The molecule has 5 nitrogen and oxygen atoms in total. The second-order valence-electron chi connectivity index (χ2n) is 8.78. The van der Waals surface area contributed by atoms with Crippen molar-refractivity contribution in [2.45, 2.75) is 96.6 Å². The van der Waals surface area contributed by atoms with Crippen LogP contribution in [0.5, 0.6) is 0 Å². The van der Waals surface area contributed by atoms with E-state index in [4.69, 9.17) is 9.47 Å². The summed E-state index contributed by atoms with van der Waals surface area (Å²) in [6, 6.07) is 0.312. The first-order valence-corrected chi connectivity index (χ1v) is 8.88. The van der Waals surface area contributed by atoms with E-state index in [1.807, 2.05) is 0 Å². The van der Waals surface area contributed by atoms with Crippen molar-refractivity contribution in [3.63, 3.8) is 0 Å². The van der Waals surface area contributed by atoms with Gasteiger partial charge in [-0.2, -0.15) is 0 Å². The maximum absolute atomic E-state index is 12.2. The summed E-state index contributed by atoms with van der Waals surface area (Å²) in [5.41, 5.74) is 0.0591. The highest BCUT2D eigenvalue weighted by Gasteiger charge is 2.48. The van der Waals surface area contributed by atoms with Gasteiger partial charge >= 0.3 is 6.03 Å². The Labute approximate surface area is 140 Å². The van der Waals surface area contributed by atoms with Crippen LogP contribution in [0.2, 0.25) is 0 Å². The van der Waals surface area contributed by atoms with Crippen molar-refractivity contribution in [2.24, 2.45) is 5.41 Å². The molecule has 0 aliphatic heterocycles. The highest BCUT2D eigenvalue weighted by Crippen LogP contribution is 2.42. The molecule has 0 bridgehead atoms. The van der Waals surface area contributed by atoms with E-state index in [9.17, 15) is 4.79 Å². The third kappa shape index (κ3) is 5.08. The summed E-state index contributed by atoms with van der Waals surface area (Å²) in [5, 5.41) is 6.18. The molecule has 0 saturated heterocycles. The van der Waals surface area contributed by atoms with Crippen molar-refractivity contribution in [2.75, 3.05) is 7.11 Å². The molecule has 2 fully saturated rings. The fourth-order valence-electron chi connectivity index (χ4n) is 4.00. The first kappa shape index (κ1) is 18.5. The van der Waals surface area contributed by atoms with Gasteiger partial charge in [0.05, 0.1) is 23.9 Å². The van der Waals surface area contributed by atoms with E-state index < -0.39 is 0 Å². The maximum Gasteiger partial charge on any atom is 0.315 e. The van der Waals surface area contributed by atoms with E-state index in [2.05, 4.69) is 45.3 Å². The number of amides is 2. The number of methoxy groups -OCH3 is 1. The minimum Gasteiger partial charge on any atom is -0.379 e. The summed E-state index contributed by atoms with van der Waals surface area (Å²) in [7, 11) is 1.72. The summed E-state index contributed by atoms with van der Waals surface area (Å²) < 4.78 is 11.5. The zero-order valence-electron chi connectivity index (χ0n) is 15.6. The van der Waals surface area contributed by atoms with Crippen LogP contribution in [-0.2, 0) is 9.47 Å². The lowest BCUT2D eigenvalue weighted by Crippen LogP contribution is -2.63. The first-order chi connectivity index (χ1) is 10.6. The molecule has 2 rings (SSSR count). The zero-order valence-corrected chi connectivity index (χ0v) is 15.6. The molecule has 2 aliphatic carbocycles. The molecule has 0 aromatic rings. The lowest BCUT2D eigenvalue weighted by molar-refractivity contribution is -0.0950. The van der Waals surface area contributed by atoms with Crippen LogP contribution in [0.1, 0.15) is 66.7 Å². The van der Waals surface area contributed by atoms with E-state index in [1.54, 1.807) is 7.11 Å². The quantitative estimate of drug-likeness (QED) is 0.834. The molecule has 5 heteroatoms. The Balaban J connectivity index is 1.69. The molecule has 0 aromatic heterocycles. The second-order valence-corrected chi connectivity index (χ2v) is 8.78. The summed E-state index contributed by atoms with van der Waals surface area (Å²) >= 11 is 0. The lowest BCUT2D eigenvalue weighted by Gasteiger charge is -2.50. The largest absolute Gasteiger partial charge is 0.379 e. The van der Waals surface area contributed by atoms with Crippen LogP contribution in [0.3, 0.4) is 0 Å².